The third kappa shape index (κ3) is 5.77. The Morgan fingerprint density at radius 2 is 1.48 bits per heavy atom. The second-order valence-corrected chi connectivity index (χ2v) is 8.19. The van der Waals surface area contributed by atoms with E-state index in [1.54, 1.807) is 0 Å². The SMILES string of the molecule is CCN1CCN(C(=O)CN2CCN(C(=O)Cc3cccc(Br)c3)CC2)CC1. The van der Waals surface area contributed by atoms with Crippen molar-refractivity contribution in [1.82, 2.24) is 19.6 Å². The van der Waals surface area contributed by atoms with Crippen LogP contribution in [0.5, 0.6) is 0 Å². The topological polar surface area (TPSA) is 47.1 Å². The van der Waals surface area contributed by atoms with Gasteiger partial charge in [-0.25, -0.2) is 0 Å². The highest BCUT2D eigenvalue weighted by Crippen LogP contribution is 2.14. The van der Waals surface area contributed by atoms with Crippen LogP contribution in [-0.4, -0.2) is 96.9 Å². The van der Waals surface area contributed by atoms with Gasteiger partial charge in [0.15, 0.2) is 0 Å². The minimum atomic E-state index is 0.162. The third-order valence-corrected chi connectivity index (χ3v) is 5.99. The molecule has 2 amide bonds. The summed E-state index contributed by atoms with van der Waals surface area (Å²) in [6.45, 7) is 10.2. The standard InChI is InChI=1S/C20H29BrN4O2/c1-2-22-6-10-25(11-7-22)20(27)16-23-8-12-24(13-9-23)19(26)15-17-4-3-5-18(21)14-17/h3-5,14H,2,6-13,15-16H2,1H3. The quantitative estimate of drug-likeness (QED) is 0.697. The van der Waals surface area contributed by atoms with Gasteiger partial charge in [-0.1, -0.05) is 35.0 Å². The molecule has 7 heteroatoms. The Balaban J connectivity index is 1.41. The van der Waals surface area contributed by atoms with Gasteiger partial charge in [0.25, 0.3) is 0 Å². The number of benzene rings is 1. The van der Waals surface area contributed by atoms with Crippen LogP contribution in [0.4, 0.5) is 0 Å². The number of halogens is 1. The van der Waals surface area contributed by atoms with Crippen molar-refractivity contribution in [2.24, 2.45) is 0 Å². The zero-order valence-corrected chi connectivity index (χ0v) is 17.7. The first kappa shape index (κ1) is 20.3. The molecule has 2 aliphatic heterocycles. The molecule has 0 aromatic heterocycles. The van der Waals surface area contributed by atoms with Gasteiger partial charge in [-0.05, 0) is 24.2 Å². The van der Waals surface area contributed by atoms with Crippen LogP contribution in [0.1, 0.15) is 12.5 Å². The van der Waals surface area contributed by atoms with Gasteiger partial charge in [0.05, 0.1) is 13.0 Å². The fourth-order valence-electron chi connectivity index (χ4n) is 3.69. The van der Waals surface area contributed by atoms with E-state index in [1.807, 2.05) is 34.1 Å². The largest absolute Gasteiger partial charge is 0.340 e. The number of piperazine rings is 2. The van der Waals surface area contributed by atoms with Crippen LogP contribution in [0.2, 0.25) is 0 Å². The molecule has 0 radical (unpaired) electrons. The fourth-order valence-corrected chi connectivity index (χ4v) is 4.14. The van der Waals surface area contributed by atoms with E-state index < -0.39 is 0 Å². The van der Waals surface area contributed by atoms with Crippen LogP contribution >= 0.6 is 15.9 Å². The van der Waals surface area contributed by atoms with E-state index in [-0.39, 0.29) is 11.8 Å². The summed E-state index contributed by atoms with van der Waals surface area (Å²) < 4.78 is 0.996. The highest BCUT2D eigenvalue weighted by Gasteiger charge is 2.25. The summed E-state index contributed by atoms with van der Waals surface area (Å²) in [5.74, 6) is 0.384. The molecule has 2 fully saturated rings. The molecule has 0 saturated carbocycles. The molecule has 0 N–H and O–H groups in total. The Morgan fingerprint density at radius 1 is 0.889 bits per heavy atom. The smallest absolute Gasteiger partial charge is 0.236 e. The first-order valence-corrected chi connectivity index (χ1v) is 10.6. The van der Waals surface area contributed by atoms with Crippen LogP contribution in [0.15, 0.2) is 28.7 Å². The van der Waals surface area contributed by atoms with Gasteiger partial charge in [0, 0.05) is 56.8 Å². The Labute approximate surface area is 170 Å². The normalized spacial score (nSPS) is 19.3. The summed E-state index contributed by atoms with van der Waals surface area (Å²) in [7, 11) is 0. The fraction of sp³-hybridized carbons (Fsp3) is 0.600. The van der Waals surface area contributed by atoms with E-state index in [4.69, 9.17) is 0 Å². The Kier molecular flexibility index (Phi) is 7.26. The van der Waals surface area contributed by atoms with Crippen LogP contribution in [-0.2, 0) is 16.0 Å². The van der Waals surface area contributed by atoms with Gasteiger partial charge < -0.3 is 14.7 Å². The molecular formula is C20H29BrN4O2. The molecule has 3 rings (SSSR count). The summed E-state index contributed by atoms with van der Waals surface area (Å²) in [5, 5.41) is 0. The van der Waals surface area contributed by atoms with Crippen molar-refractivity contribution >= 4 is 27.7 Å². The maximum atomic E-state index is 12.5. The lowest BCUT2D eigenvalue weighted by Crippen LogP contribution is -2.54. The molecule has 148 valence electrons. The van der Waals surface area contributed by atoms with E-state index in [0.29, 0.717) is 26.1 Å². The van der Waals surface area contributed by atoms with E-state index in [2.05, 4.69) is 32.7 Å². The summed E-state index contributed by atoms with van der Waals surface area (Å²) in [5.41, 5.74) is 1.03. The number of carbonyl (C=O) groups excluding carboxylic acids is 2. The predicted molar refractivity (Wildman–Crippen MR) is 110 cm³/mol. The maximum absolute atomic E-state index is 12.5. The molecule has 6 nitrogen and oxygen atoms in total. The van der Waals surface area contributed by atoms with E-state index in [0.717, 1.165) is 55.8 Å². The Hall–Kier alpha value is -1.44. The second kappa shape index (κ2) is 9.66. The molecule has 2 aliphatic rings. The van der Waals surface area contributed by atoms with Gasteiger partial charge in [-0.3, -0.25) is 14.5 Å². The summed E-state index contributed by atoms with van der Waals surface area (Å²) >= 11 is 3.45. The van der Waals surface area contributed by atoms with Crippen molar-refractivity contribution in [1.29, 1.82) is 0 Å². The van der Waals surface area contributed by atoms with Crippen LogP contribution < -0.4 is 0 Å². The number of likely N-dealkylation sites (N-methyl/N-ethyl adjacent to an activating group) is 1. The van der Waals surface area contributed by atoms with Crippen molar-refractivity contribution in [3.8, 4) is 0 Å². The first-order chi connectivity index (χ1) is 13.0. The molecule has 2 saturated heterocycles. The van der Waals surface area contributed by atoms with Gasteiger partial charge in [-0.15, -0.1) is 0 Å². The van der Waals surface area contributed by atoms with Crippen LogP contribution in [0, 0.1) is 0 Å². The minimum absolute atomic E-state index is 0.162. The van der Waals surface area contributed by atoms with E-state index in [1.165, 1.54) is 0 Å². The number of rotatable bonds is 5. The van der Waals surface area contributed by atoms with Crippen LogP contribution in [0.25, 0.3) is 0 Å². The molecule has 1 aromatic rings. The first-order valence-electron chi connectivity index (χ1n) is 9.80. The molecule has 0 bridgehead atoms. The highest BCUT2D eigenvalue weighted by molar-refractivity contribution is 9.10. The van der Waals surface area contributed by atoms with Crippen molar-refractivity contribution in [3.63, 3.8) is 0 Å². The lowest BCUT2D eigenvalue weighted by molar-refractivity contribution is -0.136. The average molecular weight is 437 g/mol. The van der Waals surface area contributed by atoms with Gasteiger partial charge >= 0.3 is 0 Å². The zero-order chi connectivity index (χ0) is 19.2. The molecule has 0 spiro atoms. The molecule has 0 aliphatic carbocycles. The molecule has 0 unspecified atom stereocenters. The lowest BCUT2D eigenvalue weighted by Gasteiger charge is -2.37. The van der Waals surface area contributed by atoms with Gasteiger partial charge in [0.1, 0.15) is 0 Å². The van der Waals surface area contributed by atoms with E-state index >= 15 is 0 Å². The number of nitrogens with zero attached hydrogens (tertiary/aromatic N) is 4. The van der Waals surface area contributed by atoms with E-state index in [9.17, 15) is 9.59 Å². The Morgan fingerprint density at radius 3 is 2.07 bits per heavy atom. The third-order valence-electron chi connectivity index (χ3n) is 5.50. The molecule has 1 aromatic carbocycles. The predicted octanol–water partition coefficient (Wildman–Crippen LogP) is 1.30. The number of amides is 2. The van der Waals surface area contributed by atoms with Crippen molar-refractivity contribution in [3.05, 3.63) is 34.3 Å². The zero-order valence-electron chi connectivity index (χ0n) is 16.1. The average Bonchev–Trinajstić information content (AvgIpc) is 2.68. The second-order valence-electron chi connectivity index (χ2n) is 7.28. The van der Waals surface area contributed by atoms with Crippen LogP contribution in [0.3, 0.4) is 0 Å². The maximum Gasteiger partial charge on any atom is 0.236 e. The van der Waals surface area contributed by atoms with Crippen molar-refractivity contribution in [2.45, 2.75) is 13.3 Å². The monoisotopic (exact) mass is 436 g/mol. The molecule has 2 heterocycles. The van der Waals surface area contributed by atoms with Crippen molar-refractivity contribution < 1.29 is 9.59 Å². The van der Waals surface area contributed by atoms with Gasteiger partial charge in [-0.2, -0.15) is 0 Å². The molecular weight excluding hydrogens is 408 g/mol. The summed E-state index contributed by atoms with van der Waals surface area (Å²) in [6, 6.07) is 7.89. The highest BCUT2D eigenvalue weighted by atomic mass is 79.9. The Bertz CT molecular complexity index is 653. The molecule has 0 atom stereocenters. The number of hydrogen-bond donors (Lipinski definition) is 0. The van der Waals surface area contributed by atoms with Crippen molar-refractivity contribution in [2.75, 3.05) is 65.4 Å². The molecule has 27 heavy (non-hydrogen) atoms. The lowest BCUT2D eigenvalue weighted by atomic mass is 10.1. The summed E-state index contributed by atoms with van der Waals surface area (Å²) in [6.07, 6.45) is 0.431. The number of hydrogen-bond acceptors (Lipinski definition) is 4. The summed E-state index contributed by atoms with van der Waals surface area (Å²) in [4.78, 5) is 33.5. The van der Waals surface area contributed by atoms with Gasteiger partial charge in [0.2, 0.25) is 11.8 Å². The minimum Gasteiger partial charge on any atom is -0.340 e. The number of carbonyl (C=O) groups is 2.